The molecule has 0 radical (unpaired) electrons. The highest BCUT2D eigenvalue weighted by molar-refractivity contribution is 7.59. The van der Waals surface area contributed by atoms with Gasteiger partial charge in [0.05, 0.1) is 11.5 Å². The molecule has 2 N–H and O–H groups in total. The maximum Gasteiger partial charge on any atom is 0.231 e. The summed E-state index contributed by atoms with van der Waals surface area (Å²) in [5.41, 5.74) is 2.60. The lowest BCUT2D eigenvalue weighted by Crippen LogP contribution is -2.41. The summed E-state index contributed by atoms with van der Waals surface area (Å²) in [4.78, 5) is 16.0. The standard InChI is InChI=1S/C23H26N6O.H2S/c30-22(24-20(16-29-13-4-5-14-29)17-7-2-1-3-8-17)23(11-12-23)19-10-6-9-18(15-19)21-25-27-28-26-21;/h1-3,6-10,15,20H,4-5,11-14,16H2,(H,24,30)(H,25,26,27,28);1H2/t20-;/m1./s1. The van der Waals surface area contributed by atoms with Gasteiger partial charge in [-0.3, -0.25) is 4.79 Å². The second-order valence-corrected chi connectivity index (χ2v) is 8.34. The largest absolute Gasteiger partial charge is 0.347 e. The van der Waals surface area contributed by atoms with Crippen LogP contribution in [0.5, 0.6) is 0 Å². The van der Waals surface area contributed by atoms with Gasteiger partial charge in [0.2, 0.25) is 11.7 Å². The van der Waals surface area contributed by atoms with E-state index in [1.165, 1.54) is 12.8 Å². The third-order valence-electron chi connectivity index (χ3n) is 6.35. The minimum atomic E-state index is -0.461. The topological polar surface area (TPSA) is 86.8 Å². The quantitative estimate of drug-likeness (QED) is 0.595. The van der Waals surface area contributed by atoms with Crippen molar-refractivity contribution in [3.63, 3.8) is 0 Å². The number of benzene rings is 2. The molecule has 162 valence electrons. The number of hydrogen-bond acceptors (Lipinski definition) is 5. The Kier molecular flexibility index (Phi) is 6.38. The normalized spacial score (nSPS) is 18.2. The first-order valence-corrected chi connectivity index (χ1v) is 10.7. The zero-order chi connectivity index (χ0) is 20.4. The van der Waals surface area contributed by atoms with E-state index in [-0.39, 0.29) is 25.4 Å². The number of amides is 1. The number of tetrazole rings is 1. The molecule has 1 saturated heterocycles. The molecular weight excluding hydrogens is 408 g/mol. The number of hydrogen-bond donors (Lipinski definition) is 2. The summed E-state index contributed by atoms with van der Waals surface area (Å²) in [6.07, 6.45) is 4.20. The van der Waals surface area contributed by atoms with Gasteiger partial charge in [0.15, 0.2) is 0 Å². The Hall–Kier alpha value is -2.71. The average molecular weight is 437 g/mol. The molecule has 7 nitrogen and oxygen atoms in total. The molecular formula is C23H28N6OS. The molecule has 1 aromatic heterocycles. The van der Waals surface area contributed by atoms with Gasteiger partial charge >= 0.3 is 0 Å². The highest BCUT2D eigenvalue weighted by atomic mass is 32.1. The number of nitrogens with one attached hydrogen (secondary N) is 2. The summed E-state index contributed by atoms with van der Waals surface area (Å²) >= 11 is 0. The molecule has 2 fully saturated rings. The van der Waals surface area contributed by atoms with Crippen molar-refractivity contribution in [2.75, 3.05) is 19.6 Å². The van der Waals surface area contributed by atoms with Gasteiger partial charge in [-0.05, 0) is 61.2 Å². The third-order valence-corrected chi connectivity index (χ3v) is 6.35. The molecule has 2 aromatic carbocycles. The van der Waals surface area contributed by atoms with Crippen LogP contribution in [0, 0.1) is 0 Å². The van der Waals surface area contributed by atoms with E-state index in [0.717, 1.165) is 49.2 Å². The lowest BCUT2D eigenvalue weighted by Gasteiger charge is -2.27. The van der Waals surface area contributed by atoms with Gasteiger partial charge in [0.1, 0.15) is 0 Å². The number of aromatic amines is 1. The lowest BCUT2D eigenvalue weighted by atomic mass is 9.92. The van der Waals surface area contributed by atoms with Gasteiger partial charge in [-0.2, -0.15) is 18.7 Å². The van der Waals surface area contributed by atoms with E-state index in [2.05, 4.69) is 43.0 Å². The Balaban J connectivity index is 0.00000231. The molecule has 2 heterocycles. The van der Waals surface area contributed by atoms with Crippen molar-refractivity contribution >= 4 is 19.4 Å². The number of aromatic nitrogens is 4. The Morgan fingerprint density at radius 2 is 1.87 bits per heavy atom. The van der Waals surface area contributed by atoms with Crippen molar-refractivity contribution < 1.29 is 4.79 Å². The fraction of sp³-hybridized carbons (Fsp3) is 0.391. The van der Waals surface area contributed by atoms with Gasteiger partial charge in [0.25, 0.3) is 0 Å². The third kappa shape index (κ3) is 4.50. The minimum absolute atomic E-state index is 0. The zero-order valence-corrected chi connectivity index (χ0v) is 18.4. The van der Waals surface area contributed by atoms with Crippen LogP contribution in [0.25, 0.3) is 11.4 Å². The van der Waals surface area contributed by atoms with Crippen LogP contribution >= 0.6 is 13.5 Å². The number of likely N-dealkylation sites (tertiary alicyclic amines) is 1. The van der Waals surface area contributed by atoms with Crippen molar-refractivity contribution in [3.8, 4) is 11.4 Å². The maximum absolute atomic E-state index is 13.5. The van der Waals surface area contributed by atoms with E-state index in [1.54, 1.807) is 0 Å². The summed E-state index contributed by atoms with van der Waals surface area (Å²) < 4.78 is 0. The predicted octanol–water partition coefficient (Wildman–Crippen LogP) is 2.96. The van der Waals surface area contributed by atoms with E-state index in [0.29, 0.717) is 5.82 Å². The first-order chi connectivity index (χ1) is 14.7. The smallest absolute Gasteiger partial charge is 0.231 e. The molecule has 0 bridgehead atoms. The van der Waals surface area contributed by atoms with Crippen molar-refractivity contribution in [3.05, 3.63) is 65.7 Å². The summed E-state index contributed by atoms with van der Waals surface area (Å²) in [7, 11) is 0. The fourth-order valence-electron chi connectivity index (χ4n) is 4.45. The van der Waals surface area contributed by atoms with Crippen LogP contribution in [0.1, 0.15) is 42.9 Å². The zero-order valence-electron chi connectivity index (χ0n) is 17.4. The second kappa shape index (κ2) is 9.20. The van der Waals surface area contributed by atoms with Crippen molar-refractivity contribution in [2.45, 2.75) is 37.1 Å². The summed E-state index contributed by atoms with van der Waals surface area (Å²) in [6, 6.07) is 18.3. The molecule has 1 atom stereocenters. The maximum atomic E-state index is 13.5. The highest BCUT2D eigenvalue weighted by Gasteiger charge is 2.51. The summed E-state index contributed by atoms with van der Waals surface area (Å²) in [6.45, 7) is 3.07. The Morgan fingerprint density at radius 3 is 2.55 bits per heavy atom. The number of rotatable bonds is 7. The van der Waals surface area contributed by atoms with Crippen LogP contribution in [0.15, 0.2) is 54.6 Å². The van der Waals surface area contributed by atoms with Crippen molar-refractivity contribution in [1.29, 1.82) is 0 Å². The second-order valence-electron chi connectivity index (χ2n) is 8.34. The van der Waals surface area contributed by atoms with Crippen LogP contribution < -0.4 is 5.32 Å². The summed E-state index contributed by atoms with van der Waals surface area (Å²) in [5.74, 6) is 0.657. The molecule has 0 unspecified atom stereocenters. The van der Waals surface area contributed by atoms with E-state index in [4.69, 9.17) is 0 Å². The van der Waals surface area contributed by atoms with Crippen LogP contribution in [-0.2, 0) is 10.2 Å². The summed E-state index contributed by atoms with van der Waals surface area (Å²) in [5, 5.41) is 17.7. The van der Waals surface area contributed by atoms with E-state index >= 15 is 0 Å². The van der Waals surface area contributed by atoms with Gasteiger partial charge < -0.3 is 10.2 Å². The molecule has 5 rings (SSSR count). The number of carbonyl (C=O) groups is 1. The number of nitrogens with zero attached hydrogens (tertiary/aromatic N) is 4. The van der Waals surface area contributed by atoms with Gasteiger partial charge in [-0.1, -0.05) is 48.5 Å². The molecule has 31 heavy (non-hydrogen) atoms. The Labute approximate surface area is 189 Å². The van der Waals surface area contributed by atoms with Gasteiger partial charge in [0, 0.05) is 12.1 Å². The molecule has 1 aliphatic carbocycles. The molecule has 8 heteroatoms. The predicted molar refractivity (Wildman–Crippen MR) is 124 cm³/mol. The average Bonchev–Trinajstić information content (AvgIpc) is 3.16. The van der Waals surface area contributed by atoms with Crippen LogP contribution in [0.3, 0.4) is 0 Å². The van der Waals surface area contributed by atoms with E-state index < -0.39 is 5.41 Å². The first-order valence-electron chi connectivity index (χ1n) is 10.7. The Bertz CT molecular complexity index is 1000. The molecule has 1 amide bonds. The first kappa shape index (κ1) is 21.5. The fourth-order valence-corrected chi connectivity index (χ4v) is 4.45. The molecule has 2 aliphatic rings. The molecule has 1 aliphatic heterocycles. The molecule has 0 spiro atoms. The minimum Gasteiger partial charge on any atom is -0.347 e. The number of carbonyl (C=O) groups excluding carboxylic acids is 1. The molecule has 1 saturated carbocycles. The van der Waals surface area contributed by atoms with Crippen molar-refractivity contribution in [2.24, 2.45) is 0 Å². The van der Waals surface area contributed by atoms with Gasteiger partial charge in [-0.25, -0.2) is 0 Å². The lowest BCUT2D eigenvalue weighted by molar-refractivity contribution is -0.124. The molecule has 3 aromatic rings. The van der Waals surface area contributed by atoms with E-state index in [1.807, 2.05) is 42.5 Å². The van der Waals surface area contributed by atoms with E-state index in [9.17, 15) is 4.79 Å². The van der Waals surface area contributed by atoms with Crippen LogP contribution in [0.2, 0.25) is 0 Å². The van der Waals surface area contributed by atoms with Crippen LogP contribution in [0.4, 0.5) is 0 Å². The highest BCUT2D eigenvalue weighted by Crippen LogP contribution is 2.49. The van der Waals surface area contributed by atoms with Crippen molar-refractivity contribution in [1.82, 2.24) is 30.8 Å². The number of H-pyrrole nitrogens is 1. The SMILES string of the molecule is O=C(N[C@H](CN1CCCC1)c1ccccc1)C1(c2cccc(-c3nn[nH]n3)c2)CC1.S. The van der Waals surface area contributed by atoms with Crippen LogP contribution in [-0.4, -0.2) is 51.1 Å². The Morgan fingerprint density at radius 1 is 1.10 bits per heavy atom. The van der Waals surface area contributed by atoms with Gasteiger partial charge in [-0.15, -0.1) is 10.2 Å². The monoisotopic (exact) mass is 436 g/mol.